The van der Waals surface area contributed by atoms with Gasteiger partial charge < -0.3 is 14.9 Å². The Balaban J connectivity index is 2.29. The summed E-state index contributed by atoms with van der Waals surface area (Å²) in [5.41, 5.74) is 6.02. The number of ether oxygens (including phenoxy) is 1. The topological polar surface area (TPSA) is 61.3 Å². The first-order chi connectivity index (χ1) is 8.24. The average Bonchev–Trinajstić information content (AvgIpc) is 2.78. The average molecular weight is 236 g/mol. The van der Waals surface area contributed by atoms with Gasteiger partial charge in [0.15, 0.2) is 23.2 Å². The predicted molar refractivity (Wildman–Crippen MR) is 61.2 cm³/mol. The molecule has 0 bridgehead atoms. The molecule has 0 saturated carbocycles. The van der Waals surface area contributed by atoms with E-state index in [1.165, 1.54) is 13.2 Å². The fourth-order valence-corrected chi connectivity index (χ4v) is 1.50. The molecular formula is C12H13FN2O2. The van der Waals surface area contributed by atoms with Crippen LogP contribution >= 0.6 is 0 Å². The summed E-state index contributed by atoms with van der Waals surface area (Å²) in [4.78, 5) is 4.05. The molecule has 2 rings (SSSR count). The van der Waals surface area contributed by atoms with Gasteiger partial charge >= 0.3 is 0 Å². The van der Waals surface area contributed by atoms with Crippen molar-refractivity contribution in [2.75, 3.05) is 13.7 Å². The lowest BCUT2D eigenvalue weighted by atomic mass is 10.2. The molecule has 0 unspecified atom stereocenters. The van der Waals surface area contributed by atoms with Crippen molar-refractivity contribution < 1.29 is 13.5 Å². The third-order valence-electron chi connectivity index (χ3n) is 2.35. The van der Waals surface area contributed by atoms with Gasteiger partial charge in [-0.2, -0.15) is 0 Å². The quantitative estimate of drug-likeness (QED) is 0.881. The molecule has 17 heavy (non-hydrogen) atoms. The smallest absolute Gasteiger partial charge is 0.196 e. The highest BCUT2D eigenvalue weighted by atomic mass is 19.1. The molecule has 0 radical (unpaired) electrons. The Labute approximate surface area is 98.2 Å². The summed E-state index contributed by atoms with van der Waals surface area (Å²) in [5, 5.41) is 0. The maximum Gasteiger partial charge on any atom is 0.196 e. The van der Waals surface area contributed by atoms with Crippen LogP contribution in [0.1, 0.15) is 5.89 Å². The highest BCUT2D eigenvalue weighted by Crippen LogP contribution is 2.25. The molecule has 1 aromatic carbocycles. The molecule has 0 aliphatic carbocycles. The van der Waals surface area contributed by atoms with Gasteiger partial charge in [-0.3, -0.25) is 0 Å². The van der Waals surface area contributed by atoms with E-state index in [4.69, 9.17) is 14.9 Å². The predicted octanol–water partition coefficient (Wildman–Crippen LogP) is 1.99. The van der Waals surface area contributed by atoms with Crippen molar-refractivity contribution in [3.05, 3.63) is 36.1 Å². The summed E-state index contributed by atoms with van der Waals surface area (Å²) >= 11 is 0. The normalized spacial score (nSPS) is 10.5. The molecule has 2 aromatic rings. The minimum atomic E-state index is -0.429. The number of aromatic nitrogens is 1. The lowest BCUT2D eigenvalue weighted by molar-refractivity contribution is 0.386. The van der Waals surface area contributed by atoms with Crippen LogP contribution < -0.4 is 10.5 Å². The zero-order valence-corrected chi connectivity index (χ0v) is 9.44. The molecule has 1 aromatic heterocycles. The first-order valence-corrected chi connectivity index (χ1v) is 5.23. The van der Waals surface area contributed by atoms with Gasteiger partial charge in [0.25, 0.3) is 0 Å². The second-order valence-electron chi connectivity index (χ2n) is 3.51. The molecule has 1 heterocycles. The zero-order chi connectivity index (χ0) is 12.3. The minimum Gasteiger partial charge on any atom is -0.494 e. The van der Waals surface area contributed by atoms with E-state index in [1.807, 2.05) is 0 Å². The highest BCUT2D eigenvalue weighted by Gasteiger charge is 2.09. The van der Waals surface area contributed by atoms with E-state index < -0.39 is 5.82 Å². The van der Waals surface area contributed by atoms with Crippen LogP contribution in [0.15, 0.2) is 28.8 Å². The monoisotopic (exact) mass is 236 g/mol. The van der Waals surface area contributed by atoms with Crippen LogP contribution in [-0.4, -0.2) is 18.6 Å². The Kier molecular flexibility index (Phi) is 3.39. The summed E-state index contributed by atoms with van der Waals surface area (Å²) in [7, 11) is 1.42. The maximum atomic E-state index is 13.5. The fraction of sp³-hybridized carbons (Fsp3) is 0.250. The summed E-state index contributed by atoms with van der Waals surface area (Å²) in [6.07, 6.45) is 2.13. The number of nitrogens with two attached hydrogens (primary N) is 1. The van der Waals surface area contributed by atoms with Crippen molar-refractivity contribution in [3.63, 3.8) is 0 Å². The van der Waals surface area contributed by atoms with E-state index in [-0.39, 0.29) is 5.75 Å². The van der Waals surface area contributed by atoms with Gasteiger partial charge in [0.05, 0.1) is 13.3 Å². The first-order valence-electron chi connectivity index (χ1n) is 5.23. The molecule has 90 valence electrons. The summed E-state index contributed by atoms with van der Waals surface area (Å²) < 4.78 is 23.8. The lowest BCUT2D eigenvalue weighted by Crippen LogP contribution is -2.02. The van der Waals surface area contributed by atoms with Crippen molar-refractivity contribution in [2.45, 2.75) is 6.42 Å². The molecule has 2 N–H and O–H groups in total. The van der Waals surface area contributed by atoms with Crippen LogP contribution in [0.2, 0.25) is 0 Å². The Morgan fingerprint density at radius 2 is 2.29 bits per heavy atom. The van der Waals surface area contributed by atoms with E-state index in [1.54, 1.807) is 18.3 Å². The Bertz CT molecular complexity index is 511. The number of nitrogens with zero attached hydrogens (tertiary/aromatic N) is 1. The van der Waals surface area contributed by atoms with E-state index in [2.05, 4.69) is 4.98 Å². The number of oxazole rings is 1. The number of halogens is 1. The molecule has 0 atom stereocenters. The van der Waals surface area contributed by atoms with Crippen LogP contribution in [0.4, 0.5) is 4.39 Å². The van der Waals surface area contributed by atoms with Gasteiger partial charge in [0.2, 0.25) is 0 Å². The Morgan fingerprint density at radius 1 is 1.47 bits per heavy atom. The van der Waals surface area contributed by atoms with Crippen molar-refractivity contribution in [1.29, 1.82) is 0 Å². The highest BCUT2D eigenvalue weighted by molar-refractivity contribution is 5.57. The number of hydrogen-bond acceptors (Lipinski definition) is 4. The molecule has 4 nitrogen and oxygen atoms in total. The van der Waals surface area contributed by atoms with Crippen molar-refractivity contribution >= 4 is 0 Å². The number of benzene rings is 1. The van der Waals surface area contributed by atoms with Crippen LogP contribution in [0, 0.1) is 5.82 Å². The van der Waals surface area contributed by atoms with Crippen molar-refractivity contribution in [2.24, 2.45) is 5.73 Å². The molecule has 0 aliphatic rings. The molecule has 5 heteroatoms. The fourth-order valence-electron chi connectivity index (χ4n) is 1.50. The minimum absolute atomic E-state index is 0.204. The van der Waals surface area contributed by atoms with Gasteiger partial charge in [-0.25, -0.2) is 9.37 Å². The van der Waals surface area contributed by atoms with Crippen LogP contribution in [0.3, 0.4) is 0 Å². The standard InChI is InChI=1S/C12H13FN2O2/c1-16-10-3-2-8(6-9(10)13)11-7-15-12(17-11)4-5-14/h2-3,6-7H,4-5,14H2,1H3. The van der Waals surface area contributed by atoms with Gasteiger partial charge in [0, 0.05) is 18.5 Å². The van der Waals surface area contributed by atoms with E-state index in [9.17, 15) is 4.39 Å². The van der Waals surface area contributed by atoms with Crippen LogP contribution in [-0.2, 0) is 6.42 Å². The Morgan fingerprint density at radius 3 is 2.94 bits per heavy atom. The summed E-state index contributed by atoms with van der Waals surface area (Å²) in [6, 6.07) is 4.62. The SMILES string of the molecule is COc1ccc(-c2cnc(CCN)o2)cc1F. The van der Waals surface area contributed by atoms with Gasteiger partial charge in [0.1, 0.15) is 0 Å². The zero-order valence-electron chi connectivity index (χ0n) is 9.44. The molecule has 0 fully saturated rings. The van der Waals surface area contributed by atoms with Crippen molar-refractivity contribution in [3.8, 4) is 17.1 Å². The second kappa shape index (κ2) is 4.97. The molecule has 0 aliphatic heterocycles. The van der Waals surface area contributed by atoms with Gasteiger partial charge in [-0.15, -0.1) is 0 Å². The van der Waals surface area contributed by atoms with Crippen LogP contribution in [0.5, 0.6) is 5.75 Å². The third kappa shape index (κ3) is 2.45. The second-order valence-corrected chi connectivity index (χ2v) is 3.51. The third-order valence-corrected chi connectivity index (χ3v) is 2.35. The molecular weight excluding hydrogens is 223 g/mol. The van der Waals surface area contributed by atoms with Crippen molar-refractivity contribution in [1.82, 2.24) is 4.98 Å². The largest absolute Gasteiger partial charge is 0.494 e. The van der Waals surface area contributed by atoms with E-state index in [0.717, 1.165) is 0 Å². The Hall–Kier alpha value is -1.88. The van der Waals surface area contributed by atoms with Crippen LogP contribution in [0.25, 0.3) is 11.3 Å². The van der Waals surface area contributed by atoms with Gasteiger partial charge in [-0.05, 0) is 18.2 Å². The molecule has 0 spiro atoms. The molecule has 0 saturated heterocycles. The van der Waals surface area contributed by atoms with E-state index in [0.29, 0.717) is 30.2 Å². The maximum absolute atomic E-state index is 13.5. The number of rotatable bonds is 4. The number of hydrogen-bond donors (Lipinski definition) is 1. The lowest BCUT2D eigenvalue weighted by Gasteiger charge is -2.02. The molecule has 0 amide bonds. The number of methoxy groups -OCH3 is 1. The first kappa shape index (κ1) is 11.6. The summed E-state index contributed by atoms with van der Waals surface area (Å²) in [5.74, 6) is 0.853. The summed E-state index contributed by atoms with van der Waals surface area (Å²) in [6.45, 7) is 0.469. The van der Waals surface area contributed by atoms with Gasteiger partial charge in [-0.1, -0.05) is 0 Å². The van der Waals surface area contributed by atoms with E-state index >= 15 is 0 Å².